The Balaban J connectivity index is 1.58. The summed E-state index contributed by atoms with van der Waals surface area (Å²) in [4.78, 5) is 9.70. The van der Waals surface area contributed by atoms with Crippen molar-refractivity contribution in [1.82, 2.24) is 19.1 Å². The van der Waals surface area contributed by atoms with E-state index in [1.807, 2.05) is 30.3 Å². The van der Waals surface area contributed by atoms with Crippen LogP contribution < -0.4 is 0 Å². The van der Waals surface area contributed by atoms with E-state index in [-0.39, 0.29) is 0 Å². The molecule has 0 amide bonds. The molecule has 0 aliphatic carbocycles. The highest BCUT2D eigenvalue weighted by atomic mass is 35.5. The van der Waals surface area contributed by atoms with Crippen molar-refractivity contribution in [2.75, 3.05) is 0 Å². The fraction of sp³-hybridized carbons (Fsp3) is 0. The Morgan fingerprint density at radius 3 is 1.33 bits per heavy atom. The van der Waals surface area contributed by atoms with Crippen LogP contribution in [0.25, 0.3) is 55.4 Å². The van der Waals surface area contributed by atoms with Crippen LogP contribution in [0.3, 0.4) is 0 Å². The van der Waals surface area contributed by atoms with Crippen LogP contribution in [0.4, 0.5) is 0 Å². The maximum Gasteiger partial charge on any atom is 0.238 e. The van der Waals surface area contributed by atoms with E-state index >= 15 is 0 Å². The van der Waals surface area contributed by atoms with E-state index in [4.69, 9.17) is 16.6 Å². The molecule has 5 heteroatoms. The maximum atomic E-state index is 6.61. The molecule has 3 aromatic heterocycles. The van der Waals surface area contributed by atoms with Crippen LogP contribution in [0.1, 0.15) is 0 Å². The molecule has 0 aliphatic rings. The lowest BCUT2D eigenvalue weighted by Crippen LogP contribution is -2.06. The van der Waals surface area contributed by atoms with Crippen LogP contribution in [-0.2, 0) is 0 Å². The normalized spacial score (nSPS) is 11.8. The monoisotopic (exact) mass is 444 g/mol. The molecule has 0 saturated carbocycles. The third-order valence-electron chi connectivity index (χ3n) is 6.26. The molecule has 156 valence electrons. The summed E-state index contributed by atoms with van der Waals surface area (Å²) >= 11 is 6.61. The van der Waals surface area contributed by atoms with E-state index in [1.165, 1.54) is 10.8 Å². The molecule has 3 heterocycles. The van der Waals surface area contributed by atoms with Crippen molar-refractivity contribution in [3.8, 4) is 11.8 Å². The third kappa shape index (κ3) is 2.65. The Bertz CT molecular complexity index is 1610. The van der Waals surface area contributed by atoms with Crippen molar-refractivity contribution in [1.29, 1.82) is 0 Å². The van der Waals surface area contributed by atoms with Crippen LogP contribution in [0, 0.1) is 0 Å². The van der Waals surface area contributed by atoms with Gasteiger partial charge < -0.3 is 0 Å². The molecule has 0 bridgehead atoms. The summed E-state index contributed by atoms with van der Waals surface area (Å²) < 4.78 is 4.25. The van der Waals surface area contributed by atoms with E-state index < -0.39 is 0 Å². The topological polar surface area (TPSA) is 35.6 Å². The van der Waals surface area contributed by atoms with Gasteiger partial charge in [0.1, 0.15) is 11.0 Å². The molecule has 0 unspecified atom stereocenters. The van der Waals surface area contributed by atoms with Gasteiger partial charge in [0.05, 0.1) is 22.1 Å². The van der Waals surface area contributed by atoms with E-state index in [0.29, 0.717) is 11.1 Å². The Morgan fingerprint density at radius 1 is 0.485 bits per heavy atom. The molecule has 0 radical (unpaired) electrons. The quantitative estimate of drug-likeness (QED) is 0.262. The average Bonchev–Trinajstić information content (AvgIpc) is 3.37. The average molecular weight is 445 g/mol. The molecule has 7 rings (SSSR count). The van der Waals surface area contributed by atoms with Crippen LogP contribution in [-0.4, -0.2) is 19.1 Å². The number of para-hydroxylation sites is 4. The second kappa shape index (κ2) is 6.92. The predicted molar refractivity (Wildman–Crippen MR) is 136 cm³/mol. The van der Waals surface area contributed by atoms with Gasteiger partial charge >= 0.3 is 0 Å². The smallest absolute Gasteiger partial charge is 0.238 e. The van der Waals surface area contributed by atoms with E-state index in [2.05, 4.69) is 86.9 Å². The van der Waals surface area contributed by atoms with Gasteiger partial charge in [-0.05, 0) is 24.3 Å². The highest BCUT2D eigenvalue weighted by Gasteiger charge is 2.17. The zero-order valence-electron chi connectivity index (χ0n) is 17.5. The van der Waals surface area contributed by atoms with Gasteiger partial charge in [0, 0.05) is 27.6 Å². The number of hydrogen-bond acceptors (Lipinski definition) is 2. The highest BCUT2D eigenvalue weighted by Crippen LogP contribution is 2.34. The summed E-state index contributed by atoms with van der Waals surface area (Å²) in [5.74, 6) is 1.29. The van der Waals surface area contributed by atoms with Crippen molar-refractivity contribution in [2.24, 2.45) is 0 Å². The third-order valence-corrected chi connectivity index (χ3v) is 6.45. The first-order valence-electron chi connectivity index (χ1n) is 10.8. The first-order chi connectivity index (χ1) is 16.3. The SMILES string of the molecule is Clc1cc(-n2c3ccccc3c3ccccc32)nc(-n2c3ccccc3c3ccccc32)n1. The summed E-state index contributed by atoms with van der Waals surface area (Å²) in [6, 6.07) is 35.2. The number of halogens is 1. The minimum atomic E-state index is 0.402. The molecule has 33 heavy (non-hydrogen) atoms. The van der Waals surface area contributed by atoms with Crippen molar-refractivity contribution in [3.63, 3.8) is 0 Å². The minimum Gasteiger partial charge on any atom is -0.294 e. The number of aromatic nitrogens is 4. The molecular formula is C28H17ClN4. The summed E-state index contributed by atoms with van der Waals surface area (Å²) in [7, 11) is 0. The molecule has 4 aromatic carbocycles. The fourth-order valence-electron chi connectivity index (χ4n) is 4.92. The van der Waals surface area contributed by atoms with Crippen LogP contribution in [0.5, 0.6) is 0 Å². The number of benzene rings is 4. The van der Waals surface area contributed by atoms with Crippen molar-refractivity contribution >= 4 is 55.2 Å². The molecule has 4 nitrogen and oxygen atoms in total. The second-order valence-corrected chi connectivity index (χ2v) is 8.48. The van der Waals surface area contributed by atoms with Gasteiger partial charge in [-0.15, -0.1) is 0 Å². The number of fused-ring (bicyclic) bond motifs is 6. The zero-order chi connectivity index (χ0) is 21.9. The molecule has 0 spiro atoms. The molecule has 0 atom stereocenters. The van der Waals surface area contributed by atoms with Crippen LogP contribution in [0.2, 0.25) is 5.15 Å². The highest BCUT2D eigenvalue weighted by molar-refractivity contribution is 6.29. The molecule has 7 aromatic rings. The standard InChI is InChI=1S/C28H17ClN4/c29-26-17-27(32-22-13-5-1-9-18(22)19-10-2-6-14-23(19)32)31-28(30-26)33-24-15-7-3-11-20(24)21-12-4-8-16-25(21)33/h1-17H. The maximum absolute atomic E-state index is 6.61. The Morgan fingerprint density at radius 2 is 0.879 bits per heavy atom. The van der Waals surface area contributed by atoms with Crippen molar-refractivity contribution in [2.45, 2.75) is 0 Å². The summed E-state index contributed by atoms with van der Waals surface area (Å²) in [6.07, 6.45) is 0. The van der Waals surface area contributed by atoms with Crippen LogP contribution in [0.15, 0.2) is 103 Å². The van der Waals surface area contributed by atoms with Crippen molar-refractivity contribution in [3.05, 3.63) is 108 Å². The number of nitrogens with zero attached hydrogens (tertiary/aromatic N) is 4. The van der Waals surface area contributed by atoms with Gasteiger partial charge in [-0.1, -0.05) is 84.4 Å². The van der Waals surface area contributed by atoms with E-state index in [9.17, 15) is 0 Å². The fourth-order valence-corrected chi connectivity index (χ4v) is 5.09. The molecule has 0 aliphatic heterocycles. The first kappa shape index (κ1) is 18.4. The Hall–Kier alpha value is -4.15. The largest absolute Gasteiger partial charge is 0.294 e. The molecule has 0 N–H and O–H groups in total. The number of hydrogen-bond donors (Lipinski definition) is 0. The molecule has 0 saturated heterocycles. The van der Waals surface area contributed by atoms with Gasteiger partial charge in [0.15, 0.2) is 0 Å². The van der Waals surface area contributed by atoms with Gasteiger partial charge in [-0.3, -0.25) is 9.13 Å². The van der Waals surface area contributed by atoms with Gasteiger partial charge in [0.25, 0.3) is 0 Å². The van der Waals surface area contributed by atoms with Gasteiger partial charge in [-0.25, -0.2) is 4.98 Å². The summed E-state index contributed by atoms with van der Waals surface area (Å²) in [5.41, 5.74) is 4.27. The zero-order valence-corrected chi connectivity index (χ0v) is 18.2. The van der Waals surface area contributed by atoms with Crippen molar-refractivity contribution < 1.29 is 0 Å². The summed E-state index contributed by atoms with van der Waals surface area (Å²) in [6.45, 7) is 0. The van der Waals surface area contributed by atoms with E-state index in [1.54, 1.807) is 0 Å². The van der Waals surface area contributed by atoms with Gasteiger partial charge in [-0.2, -0.15) is 4.98 Å². The predicted octanol–water partition coefficient (Wildman–Crippen LogP) is 7.32. The van der Waals surface area contributed by atoms with Crippen LogP contribution >= 0.6 is 11.6 Å². The van der Waals surface area contributed by atoms with Gasteiger partial charge in [0.2, 0.25) is 5.95 Å². The minimum absolute atomic E-state index is 0.402. The summed E-state index contributed by atoms with van der Waals surface area (Å²) in [5, 5.41) is 5.09. The molecule has 0 fully saturated rings. The lowest BCUT2D eigenvalue weighted by atomic mass is 10.2. The lowest BCUT2D eigenvalue weighted by Gasteiger charge is -2.11. The first-order valence-corrected chi connectivity index (χ1v) is 11.2. The number of rotatable bonds is 2. The Labute approximate surface area is 194 Å². The molecular weight excluding hydrogens is 428 g/mol. The Kier molecular flexibility index (Phi) is 3.87. The van der Waals surface area contributed by atoms with E-state index in [0.717, 1.165) is 38.7 Å². The lowest BCUT2D eigenvalue weighted by molar-refractivity contribution is 0.949. The second-order valence-electron chi connectivity index (χ2n) is 8.09.